The van der Waals surface area contributed by atoms with Gasteiger partial charge >= 0.3 is 0 Å². The van der Waals surface area contributed by atoms with Crippen molar-refractivity contribution in [2.45, 2.75) is 38.6 Å². The fourth-order valence-electron chi connectivity index (χ4n) is 3.54. The summed E-state index contributed by atoms with van der Waals surface area (Å²) in [7, 11) is 0. The van der Waals surface area contributed by atoms with Crippen LogP contribution in [-0.4, -0.2) is 32.6 Å². The van der Waals surface area contributed by atoms with Gasteiger partial charge in [-0.15, -0.1) is 0 Å². The summed E-state index contributed by atoms with van der Waals surface area (Å²) < 4.78 is 2.32. The van der Waals surface area contributed by atoms with Crippen LogP contribution in [0.15, 0.2) is 42.9 Å². The molecule has 0 saturated carbocycles. The van der Waals surface area contributed by atoms with Gasteiger partial charge in [-0.25, -0.2) is 9.97 Å². The molecule has 0 unspecified atom stereocenters. The largest absolute Gasteiger partial charge is 0.341 e. The Morgan fingerprint density at radius 1 is 1.20 bits per heavy atom. The molecule has 1 aliphatic rings. The molecule has 1 aromatic carbocycles. The van der Waals surface area contributed by atoms with E-state index in [1.54, 1.807) is 0 Å². The van der Waals surface area contributed by atoms with Crippen molar-refractivity contribution in [3.05, 3.63) is 48.7 Å². The number of imidazole rings is 2. The molecule has 0 bridgehead atoms. The lowest BCUT2D eigenvalue weighted by Gasteiger charge is -2.15. The van der Waals surface area contributed by atoms with Crippen LogP contribution >= 0.6 is 0 Å². The van der Waals surface area contributed by atoms with Gasteiger partial charge in [0, 0.05) is 24.6 Å². The van der Waals surface area contributed by atoms with Gasteiger partial charge in [0.25, 0.3) is 0 Å². The van der Waals surface area contributed by atoms with Gasteiger partial charge in [-0.05, 0) is 19.4 Å². The van der Waals surface area contributed by atoms with E-state index in [1.165, 1.54) is 6.42 Å². The molecule has 3 aromatic rings. The van der Waals surface area contributed by atoms with Crippen molar-refractivity contribution >= 4 is 0 Å². The Balaban J connectivity index is 1.77. The zero-order chi connectivity index (χ0) is 17.1. The average molecular weight is 335 g/mol. The maximum absolute atomic E-state index is 4.77. The molecule has 1 fully saturated rings. The van der Waals surface area contributed by atoms with Crippen LogP contribution in [-0.2, 0) is 6.42 Å². The van der Waals surface area contributed by atoms with E-state index < -0.39 is 0 Å². The molecule has 5 nitrogen and oxygen atoms in total. The molecule has 130 valence electrons. The van der Waals surface area contributed by atoms with E-state index in [0.717, 1.165) is 60.8 Å². The number of aryl methyl sites for hydroxylation is 1. The topological polar surface area (TPSA) is 58.5 Å². The minimum Gasteiger partial charge on any atom is -0.341 e. The van der Waals surface area contributed by atoms with Gasteiger partial charge in [0.15, 0.2) is 0 Å². The number of rotatable bonds is 6. The Bertz CT molecular complexity index is 812. The fraction of sp³-hybridized carbons (Fsp3) is 0.400. The van der Waals surface area contributed by atoms with Gasteiger partial charge in [-0.2, -0.15) is 0 Å². The predicted molar refractivity (Wildman–Crippen MR) is 100 cm³/mol. The second kappa shape index (κ2) is 7.23. The normalized spacial score (nSPS) is 17.2. The summed E-state index contributed by atoms with van der Waals surface area (Å²) in [5, 5.41) is 3.46. The van der Waals surface area contributed by atoms with Crippen molar-refractivity contribution in [3.63, 3.8) is 0 Å². The lowest BCUT2D eigenvalue weighted by atomic mass is 10.1. The number of benzene rings is 1. The molecule has 5 heteroatoms. The molecule has 1 atom stereocenters. The molecule has 0 amide bonds. The maximum atomic E-state index is 4.77. The second-order valence-electron chi connectivity index (χ2n) is 6.71. The second-order valence-corrected chi connectivity index (χ2v) is 6.71. The van der Waals surface area contributed by atoms with Crippen LogP contribution in [0.4, 0.5) is 0 Å². The highest BCUT2D eigenvalue weighted by molar-refractivity contribution is 5.76. The van der Waals surface area contributed by atoms with Crippen LogP contribution in [0.25, 0.3) is 22.6 Å². The van der Waals surface area contributed by atoms with Gasteiger partial charge in [-0.3, -0.25) is 0 Å². The summed E-state index contributed by atoms with van der Waals surface area (Å²) >= 11 is 0. The molecule has 2 aromatic heterocycles. The monoisotopic (exact) mass is 335 g/mol. The van der Waals surface area contributed by atoms with Crippen LogP contribution in [0.5, 0.6) is 0 Å². The first-order valence-electron chi connectivity index (χ1n) is 9.24. The highest BCUT2D eigenvalue weighted by Crippen LogP contribution is 2.33. The Hall–Kier alpha value is -2.40. The molecule has 4 rings (SSSR count). The van der Waals surface area contributed by atoms with E-state index in [-0.39, 0.29) is 0 Å². The highest BCUT2D eigenvalue weighted by Gasteiger charge is 2.24. The number of hydrogen-bond acceptors (Lipinski definition) is 3. The fourth-order valence-corrected chi connectivity index (χ4v) is 3.54. The van der Waals surface area contributed by atoms with Gasteiger partial charge in [-0.1, -0.05) is 43.7 Å². The lowest BCUT2D eigenvalue weighted by molar-refractivity contribution is 0.551. The zero-order valence-electron chi connectivity index (χ0n) is 14.7. The minimum atomic E-state index is 0.447. The van der Waals surface area contributed by atoms with Gasteiger partial charge < -0.3 is 14.9 Å². The first-order valence-corrected chi connectivity index (χ1v) is 9.24. The third-order valence-corrected chi connectivity index (χ3v) is 4.92. The van der Waals surface area contributed by atoms with Crippen LogP contribution in [0.2, 0.25) is 0 Å². The number of H-pyrrole nitrogens is 1. The molecule has 1 saturated heterocycles. The van der Waals surface area contributed by atoms with E-state index in [1.807, 2.05) is 18.6 Å². The van der Waals surface area contributed by atoms with Crippen molar-refractivity contribution in [2.75, 3.05) is 13.1 Å². The van der Waals surface area contributed by atoms with Gasteiger partial charge in [0.05, 0.1) is 29.6 Å². The number of aromatic amines is 1. The molecule has 1 aliphatic heterocycles. The molecule has 3 heterocycles. The zero-order valence-corrected chi connectivity index (χ0v) is 14.7. The molecule has 25 heavy (non-hydrogen) atoms. The van der Waals surface area contributed by atoms with E-state index in [0.29, 0.717) is 6.04 Å². The van der Waals surface area contributed by atoms with E-state index in [2.05, 4.69) is 51.0 Å². The minimum absolute atomic E-state index is 0.447. The van der Waals surface area contributed by atoms with Crippen molar-refractivity contribution in [3.8, 4) is 22.6 Å². The summed E-state index contributed by atoms with van der Waals surface area (Å²) in [5.41, 5.74) is 4.38. The lowest BCUT2D eigenvalue weighted by Crippen LogP contribution is -2.13. The van der Waals surface area contributed by atoms with Crippen LogP contribution in [0.3, 0.4) is 0 Å². The third-order valence-electron chi connectivity index (χ3n) is 4.92. The van der Waals surface area contributed by atoms with E-state index in [9.17, 15) is 0 Å². The van der Waals surface area contributed by atoms with Crippen LogP contribution in [0, 0.1) is 0 Å². The Labute approximate surface area is 148 Å². The standard InChI is InChI=1S/C20H25N5/c1-2-3-9-18-22-13-17(24-18)20-19(15-7-5-4-6-8-15)23-14-25(20)16-10-11-21-12-16/h4-8,13-14,16,21H,2-3,9-12H2,1H3,(H,22,24)/t16-/m1/s1. The van der Waals surface area contributed by atoms with E-state index in [4.69, 9.17) is 4.98 Å². The predicted octanol–water partition coefficient (Wildman–Crippen LogP) is 3.82. The average Bonchev–Trinajstić information content (AvgIpc) is 3.39. The maximum Gasteiger partial charge on any atom is 0.106 e. The van der Waals surface area contributed by atoms with Crippen molar-refractivity contribution in [1.29, 1.82) is 0 Å². The molecule has 0 aliphatic carbocycles. The number of hydrogen-bond donors (Lipinski definition) is 2. The van der Waals surface area contributed by atoms with E-state index >= 15 is 0 Å². The Morgan fingerprint density at radius 2 is 2.08 bits per heavy atom. The molecular formula is C20H25N5. The quantitative estimate of drug-likeness (QED) is 0.720. The van der Waals surface area contributed by atoms with Crippen molar-refractivity contribution in [2.24, 2.45) is 0 Å². The van der Waals surface area contributed by atoms with Gasteiger partial charge in [0.2, 0.25) is 0 Å². The summed E-state index contributed by atoms with van der Waals surface area (Å²) in [6.07, 6.45) is 8.42. The number of aromatic nitrogens is 4. The summed E-state index contributed by atoms with van der Waals surface area (Å²) in [6.45, 7) is 4.27. The van der Waals surface area contributed by atoms with Crippen LogP contribution < -0.4 is 5.32 Å². The van der Waals surface area contributed by atoms with Crippen LogP contribution in [0.1, 0.15) is 38.1 Å². The van der Waals surface area contributed by atoms with Gasteiger partial charge in [0.1, 0.15) is 5.82 Å². The van der Waals surface area contributed by atoms with Crippen molar-refractivity contribution < 1.29 is 0 Å². The number of nitrogens with one attached hydrogen (secondary N) is 2. The Morgan fingerprint density at radius 3 is 2.84 bits per heavy atom. The molecule has 0 radical (unpaired) electrons. The summed E-state index contributed by atoms with van der Waals surface area (Å²) in [6, 6.07) is 10.9. The number of nitrogens with zero attached hydrogens (tertiary/aromatic N) is 3. The molecular weight excluding hydrogens is 310 g/mol. The molecule has 2 N–H and O–H groups in total. The Kier molecular flexibility index (Phi) is 4.65. The SMILES string of the molecule is CCCCc1ncc(-c2c(-c3ccccc3)ncn2[C@@H]2CCNC2)[nH]1. The summed E-state index contributed by atoms with van der Waals surface area (Å²) in [4.78, 5) is 12.9. The first kappa shape index (κ1) is 16.1. The number of unbranched alkanes of at least 4 members (excludes halogenated alkanes) is 1. The smallest absolute Gasteiger partial charge is 0.106 e. The highest BCUT2D eigenvalue weighted by atomic mass is 15.1. The summed E-state index contributed by atoms with van der Waals surface area (Å²) in [5.74, 6) is 1.06. The molecule has 0 spiro atoms. The van der Waals surface area contributed by atoms with Crippen molar-refractivity contribution in [1.82, 2.24) is 24.8 Å². The third kappa shape index (κ3) is 3.24. The first-order chi connectivity index (χ1) is 12.4.